The Labute approximate surface area is 206 Å². The first-order valence-electron chi connectivity index (χ1n) is 10.8. The number of halogens is 3. The molecule has 0 saturated heterocycles. The van der Waals surface area contributed by atoms with Crippen LogP contribution in [0.3, 0.4) is 0 Å². The normalized spacial score (nSPS) is 13.8. The topological polar surface area (TPSA) is 104 Å². The predicted molar refractivity (Wildman–Crippen MR) is 127 cm³/mol. The third-order valence-corrected chi connectivity index (χ3v) is 6.63. The number of Topliss-reactive ketones (excluding diaryl/α,β-unsaturated/α-hetero) is 1. The van der Waals surface area contributed by atoms with E-state index in [0.717, 1.165) is 6.20 Å². The average molecular weight is 527 g/mol. The summed E-state index contributed by atoms with van der Waals surface area (Å²) in [5.74, 6) is -0.0690. The molecule has 3 rings (SSSR count). The molecule has 1 heterocycles. The fraction of sp³-hybridized carbons (Fsp3) is 0.333. The molecule has 0 spiro atoms. The molecule has 2 unspecified atom stereocenters. The molecule has 8 nitrogen and oxygen atoms in total. The van der Waals surface area contributed by atoms with Crippen LogP contribution < -0.4 is 18.9 Å². The Kier molecular flexibility index (Phi) is 8.09. The van der Waals surface area contributed by atoms with Crippen molar-refractivity contribution in [3.8, 4) is 17.2 Å². The van der Waals surface area contributed by atoms with Crippen LogP contribution in [0.1, 0.15) is 42.2 Å². The van der Waals surface area contributed by atoms with Gasteiger partial charge in [0.05, 0.1) is 20.3 Å². The molecule has 0 saturated carbocycles. The second kappa shape index (κ2) is 10.7. The molecule has 0 amide bonds. The SMILES string of the molecule is CCC(C)Oc1cccc(C(=O)C(NS(=O)(=O)C(F)(F)F)c2cncc3cc(OC)c(OC)cc23)c1. The Morgan fingerprint density at radius 2 is 1.75 bits per heavy atom. The van der Waals surface area contributed by atoms with E-state index in [9.17, 15) is 26.4 Å². The number of alkyl halides is 3. The van der Waals surface area contributed by atoms with Gasteiger partial charge in [-0.05, 0) is 43.0 Å². The van der Waals surface area contributed by atoms with Gasteiger partial charge in [0.1, 0.15) is 11.8 Å². The highest BCUT2D eigenvalue weighted by atomic mass is 32.2. The van der Waals surface area contributed by atoms with E-state index in [1.54, 1.807) is 6.07 Å². The van der Waals surface area contributed by atoms with E-state index in [1.165, 1.54) is 55.5 Å². The van der Waals surface area contributed by atoms with Crippen LogP contribution in [0.25, 0.3) is 10.8 Å². The van der Waals surface area contributed by atoms with Gasteiger partial charge < -0.3 is 14.2 Å². The van der Waals surface area contributed by atoms with Crippen molar-refractivity contribution in [3.63, 3.8) is 0 Å². The number of carbonyl (C=O) groups excluding carboxylic acids is 1. The highest BCUT2D eigenvalue weighted by Gasteiger charge is 2.48. The summed E-state index contributed by atoms with van der Waals surface area (Å²) in [7, 11) is -3.15. The molecule has 3 aromatic rings. The van der Waals surface area contributed by atoms with Gasteiger partial charge in [-0.2, -0.15) is 17.9 Å². The lowest BCUT2D eigenvalue weighted by molar-refractivity contribution is -0.0449. The van der Waals surface area contributed by atoms with E-state index in [1.807, 2.05) is 13.8 Å². The number of pyridine rings is 1. The number of nitrogens with one attached hydrogen (secondary N) is 1. The molecule has 36 heavy (non-hydrogen) atoms. The maximum Gasteiger partial charge on any atom is 0.511 e. The van der Waals surface area contributed by atoms with Crippen LogP contribution in [0.4, 0.5) is 13.2 Å². The molecule has 12 heteroatoms. The Morgan fingerprint density at radius 3 is 2.36 bits per heavy atom. The minimum Gasteiger partial charge on any atom is -0.493 e. The number of benzene rings is 2. The molecule has 1 aromatic heterocycles. The van der Waals surface area contributed by atoms with Crippen molar-refractivity contribution >= 4 is 26.6 Å². The summed E-state index contributed by atoms with van der Waals surface area (Å²) in [6.07, 6.45) is 3.04. The number of methoxy groups -OCH3 is 2. The van der Waals surface area contributed by atoms with Crippen molar-refractivity contribution in [2.75, 3.05) is 14.2 Å². The molecule has 0 radical (unpaired) electrons. The Bertz CT molecular complexity index is 1360. The summed E-state index contributed by atoms with van der Waals surface area (Å²) in [5, 5.41) is 0.640. The highest BCUT2D eigenvalue weighted by Crippen LogP contribution is 2.36. The summed E-state index contributed by atoms with van der Waals surface area (Å²) in [5.41, 5.74) is -5.80. The van der Waals surface area contributed by atoms with Gasteiger partial charge in [0.25, 0.3) is 0 Å². The van der Waals surface area contributed by atoms with E-state index in [0.29, 0.717) is 23.3 Å². The fourth-order valence-corrected chi connectivity index (χ4v) is 4.11. The van der Waals surface area contributed by atoms with Crippen LogP contribution in [0.5, 0.6) is 17.2 Å². The average Bonchev–Trinajstić information content (AvgIpc) is 2.85. The molecular weight excluding hydrogens is 501 g/mol. The predicted octanol–water partition coefficient (Wildman–Crippen LogP) is 4.79. The first kappa shape index (κ1) is 27.2. The van der Waals surface area contributed by atoms with Crippen LogP contribution >= 0.6 is 0 Å². The van der Waals surface area contributed by atoms with Crippen molar-refractivity contribution in [2.24, 2.45) is 0 Å². The summed E-state index contributed by atoms with van der Waals surface area (Å²) in [4.78, 5) is 17.6. The molecule has 2 atom stereocenters. The second-order valence-electron chi connectivity index (χ2n) is 7.89. The number of aromatic nitrogens is 1. The quantitative estimate of drug-likeness (QED) is 0.379. The molecule has 1 N–H and O–H groups in total. The van der Waals surface area contributed by atoms with Crippen LogP contribution in [-0.2, 0) is 10.0 Å². The molecule has 0 aliphatic rings. The largest absolute Gasteiger partial charge is 0.511 e. The molecule has 194 valence electrons. The van der Waals surface area contributed by atoms with Gasteiger partial charge in [-0.15, -0.1) is 0 Å². The van der Waals surface area contributed by atoms with Gasteiger partial charge in [0, 0.05) is 28.9 Å². The smallest absolute Gasteiger partial charge is 0.493 e. The number of ketones is 1. The summed E-state index contributed by atoms with van der Waals surface area (Å²) in [6.45, 7) is 3.72. The Balaban J connectivity index is 2.20. The first-order valence-corrected chi connectivity index (χ1v) is 12.3. The Morgan fingerprint density at radius 1 is 1.08 bits per heavy atom. The van der Waals surface area contributed by atoms with E-state index in [2.05, 4.69) is 4.98 Å². The lowest BCUT2D eigenvalue weighted by atomic mass is 9.95. The van der Waals surface area contributed by atoms with E-state index in [4.69, 9.17) is 14.2 Å². The van der Waals surface area contributed by atoms with Gasteiger partial charge in [-0.25, -0.2) is 8.42 Å². The lowest BCUT2D eigenvalue weighted by Crippen LogP contribution is -2.41. The van der Waals surface area contributed by atoms with Crippen molar-refractivity contribution < 1.29 is 40.6 Å². The van der Waals surface area contributed by atoms with Crippen molar-refractivity contribution in [2.45, 2.75) is 37.9 Å². The number of rotatable bonds is 10. The maximum absolute atomic E-state index is 13.5. The zero-order valence-electron chi connectivity index (χ0n) is 19.9. The number of carbonyl (C=O) groups is 1. The van der Waals surface area contributed by atoms with Gasteiger partial charge in [-0.3, -0.25) is 9.78 Å². The van der Waals surface area contributed by atoms with Crippen molar-refractivity contribution in [1.29, 1.82) is 0 Å². The molecular formula is C24H25F3N2O6S. The number of hydrogen-bond acceptors (Lipinski definition) is 7. The third kappa shape index (κ3) is 5.71. The van der Waals surface area contributed by atoms with Gasteiger partial charge >= 0.3 is 15.5 Å². The van der Waals surface area contributed by atoms with Crippen LogP contribution in [-0.4, -0.2) is 45.0 Å². The number of ether oxygens (including phenoxy) is 3. The molecule has 0 bridgehead atoms. The number of nitrogens with zero attached hydrogens (tertiary/aromatic N) is 1. The summed E-state index contributed by atoms with van der Waals surface area (Å²) < 4.78 is 81.9. The third-order valence-electron chi connectivity index (χ3n) is 5.48. The van der Waals surface area contributed by atoms with E-state index in [-0.39, 0.29) is 28.4 Å². The van der Waals surface area contributed by atoms with Gasteiger partial charge in [-0.1, -0.05) is 19.1 Å². The second-order valence-corrected chi connectivity index (χ2v) is 9.59. The minimum atomic E-state index is -5.91. The lowest BCUT2D eigenvalue weighted by Gasteiger charge is -2.21. The monoisotopic (exact) mass is 526 g/mol. The van der Waals surface area contributed by atoms with Crippen LogP contribution in [0.15, 0.2) is 48.8 Å². The van der Waals surface area contributed by atoms with Crippen molar-refractivity contribution in [1.82, 2.24) is 9.71 Å². The van der Waals surface area contributed by atoms with E-state index >= 15 is 0 Å². The molecule has 0 aliphatic carbocycles. The zero-order chi connectivity index (χ0) is 26.7. The Hall–Kier alpha value is -3.38. The summed E-state index contributed by atoms with van der Waals surface area (Å²) in [6, 6.07) is 6.81. The maximum atomic E-state index is 13.5. The zero-order valence-corrected chi connectivity index (χ0v) is 20.7. The van der Waals surface area contributed by atoms with Crippen LogP contribution in [0, 0.1) is 0 Å². The number of fused-ring (bicyclic) bond motifs is 1. The van der Waals surface area contributed by atoms with Crippen molar-refractivity contribution in [3.05, 3.63) is 59.9 Å². The van der Waals surface area contributed by atoms with Gasteiger partial charge in [0.15, 0.2) is 17.3 Å². The van der Waals surface area contributed by atoms with E-state index < -0.39 is 27.4 Å². The first-order chi connectivity index (χ1) is 16.9. The molecule has 2 aromatic carbocycles. The number of sulfonamides is 1. The standard InChI is InChI=1S/C24H25F3N2O6S/c1-5-14(2)35-17-8-6-7-15(9-17)23(30)22(29-36(31,32)24(25,26)27)19-13-28-12-16-10-20(33-3)21(34-4)11-18(16)19/h6-14,22,29H,5H2,1-4H3. The minimum absolute atomic E-state index is 0.0526. The molecule has 0 aliphatic heterocycles. The summed E-state index contributed by atoms with van der Waals surface area (Å²) >= 11 is 0. The van der Waals surface area contributed by atoms with Gasteiger partial charge in [0.2, 0.25) is 0 Å². The highest BCUT2D eigenvalue weighted by molar-refractivity contribution is 7.90. The number of hydrogen-bond donors (Lipinski definition) is 1. The fourth-order valence-electron chi connectivity index (χ4n) is 3.43. The van der Waals surface area contributed by atoms with Crippen LogP contribution in [0.2, 0.25) is 0 Å². The molecule has 0 fully saturated rings.